The number of aromatic nitrogens is 5. The predicted molar refractivity (Wildman–Crippen MR) is 243 cm³/mol. The molecule has 0 spiro atoms. The van der Waals surface area contributed by atoms with Crippen molar-refractivity contribution in [2.24, 2.45) is 17.8 Å². The van der Waals surface area contributed by atoms with Crippen LogP contribution in [-0.2, 0) is 19.1 Å². The summed E-state index contributed by atoms with van der Waals surface area (Å²) in [6.07, 6.45) is 5.07. The normalized spacial score (nSPS) is 21.6. The minimum Gasteiger partial charge on any atom is -0.462 e. The van der Waals surface area contributed by atoms with Gasteiger partial charge in [-0.2, -0.15) is 0 Å². The molecule has 0 radical (unpaired) electrons. The summed E-state index contributed by atoms with van der Waals surface area (Å²) in [6.45, 7) is 10.1. The van der Waals surface area contributed by atoms with Gasteiger partial charge in [-0.3, -0.25) is 14.2 Å². The lowest BCUT2D eigenvalue weighted by Gasteiger charge is -2.31. The van der Waals surface area contributed by atoms with Crippen LogP contribution in [0.4, 0.5) is 9.59 Å². The third kappa shape index (κ3) is 7.53. The maximum Gasteiger partial charge on any atom is 0.407 e. The average Bonchev–Trinajstić information content (AvgIpc) is 4.06. The van der Waals surface area contributed by atoms with Gasteiger partial charge < -0.3 is 49.0 Å². The number of nitrogens with zero attached hydrogens (tertiary/aromatic N) is 5. The van der Waals surface area contributed by atoms with Gasteiger partial charge in [0, 0.05) is 34.7 Å². The van der Waals surface area contributed by atoms with E-state index in [0.29, 0.717) is 29.8 Å². The van der Waals surface area contributed by atoms with Crippen LogP contribution in [0, 0.1) is 24.7 Å². The lowest BCUT2D eigenvalue weighted by atomic mass is 10.0. The number of furan rings is 1. The van der Waals surface area contributed by atoms with Crippen molar-refractivity contribution in [2.45, 2.75) is 96.7 Å². The van der Waals surface area contributed by atoms with Crippen LogP contribution in [0.3, 0.4) is 0 Å². The number of nitrogens with one attached hydrogen (secondary N) is 4. The highest BCUT2D eigenvalue weighted by Gasteiger charge is 2.56. The zero-order chi connectivity index (χ0) is 46.1. The molecule has 4 aromatic heterocycles. The maximum atomic E-state index is 14.0. The lowest BCUT2D eigenvalue weighted by Crippen LogP contribution is -2.52. The number of piperidine rings is 1. The van der Waals surface area contributed by atoms with Crippen LogP contribution in [0.1, 0.15) is 94.9 Å². The Hall–Kier alpha value is -7.04. The van der Waals surface area contributed by atoms with Crippen molar-refractivity contribution in [1.82, 2.24) is 44.9 Å². The Kier molecular flexibility index (Phi) is 10.9. The molecule has 3 fully saturated rings. The highest BCUT2D eigenvalue weighted by atomic mass is 16.5. The Bertz CT molecular complexity index is 2850. The number of carbonyl (C=O) groups is 4. The molecule has 7 atom stereocenters. The van der Waals surface area contributed by atoms with Crippen LogP contribution in [-0.4, -0.2) is 97.2 Å². The SMILES string of the molecule is COC(=O)N[C@H](C(=O)N1CCC[C@H]1c1ncc(-c2ccc3c(c2)OC(c2ccc(C)o2)n2c-3cc3cc(-c4cnc([C@@H]5C[C@H]6C[C@H]6N5C(=O)[C@@H](NC(=O)OC)C(C)C)[nH]4)ccc32)[nH]1)C(C)C. The van der Waals surface area contributed by atoms with E-state index in [1.54, 1.807) is 11.1 Å². The molecule has 4 aliphatic rings. The van der Waals surface area contributed by atoms with Crippen LogP contribution in [0.15, 0.2) is 71.4 Å². The third-order valence-electron chi connectivity index (χ3n) is 13.7. The number of hydrogen-bond acceptors (Lipinski definition) is 10. The average molecular weight is 898 g/mol. The number of likely N-dealkylation sites (tertiary alicyclic amines) is 2. The first-order valence-corrected chi connectivity index (χ1v) is 22.8. The fraction of sp³-hybridized carbons (Fsp3) is 0.429. The van der Waals surface area contributed by atoms with Crippen molar-refractivity contribution in [1.29, 1.82) is 0 Å². The summed E-state index contributed by atoms with van der Waals surface area (Å²) in [5, 5.41) is 6.46. The molecule has 4 N–H and O–H groups in total. The molecular formula is C49H55N9O8. The van der Waals surface area contributed by atoms with E-state index in [2.05, 4.69) is 55.5 Å². The van der Waals surface area contributed by atoms with Crippen molar-refractivity contribution < 1.29 is 37.8 Å². The zero-order valence-electron chi connectivity index (χ0n) is 38.1. The van der Waals surface area contributed by atoms with Gasteiger partial charge in [0.1, 0.15) is 35.2 Å². The topological polar surface area (TPSA) is 202 Å². The van der Waals surface area contributed by atoms with Crippen LogP contribution >= 0.6 is 0 Å². The molecule has 1 unspecified atom stereocenters. The highest BCUT2D eigenvalue weighted by Crippen LogP contribution is 2.54. The summed E-state index contributed by atoms with van der Waals surface area (Å²) in [4.78, 5) is 72.4. The summed E-state index contributed by atoms with van der Waals surface area (Å²) in [6, 6.07) is 16.6. The zero-order valence-corrected chi connectivity index (χ0v) is 38.1. The molecule has 4 amide bonds. The molecule has 2 aromatic carbocycles. The number of carbonyl (C=O) groups excluding carboxylic acids is 4. The molecule has 3 aliphatic heterocycles. The van der Waals surface area contributed by atoms with E-state index in [1.165, 1.54) is 14.2 Å². The Morgan fingerprint density at radius 3 is 2.09 bits per heavy atom. The van der Waals surface area contributed by atoms with Crippen molar-refractivity contribution in [3.8, 4) is 39.5 Å². The Morgan fingerprint density at radius 1 is 0.788 bits per heavy atom. The second-order valence-corrected chi connectivity index (χ2v) is 18.6. The first-order chi connectivity index (χ1) is 31.8. The van der Waals surface area contributed by atoms with Crippen LogP contribution in [0.25, 0.3) is 44.7 Å². The molecule has 1 aliphatic carbocycles. The van der Waals surface area contributed by atoms with E-state index < -0.39 is 30.5 Å². The fourth-order valence-electron chi connectivity index (χ4n) is 10.2. The Balaban J connectivity index is 0.938. The summed E-state index contributed by atoms with van der Waals surface area (Å²) < 4.78 is 24.9. The second-order valence-electron chi connectivity index (χ2n) is 18.6. The monoisotopic (exact) mass is 897 g/mol. The van der Waals surface area contributed by atoms with E-state index in [0.717, 1.165) is 81.9 Å². The van der Waals surface area contributed by atoms with E-state index in [4.69, 9.17) is 28.6 Å². The first-order valence-electron chi connectivity index (χ1n) is 22.8. The number of aryl methyl sites for hydroxylation is 1. The number of ether oxygens (including phenoxy) is 3. The number of imidazole rings is 2. The number of amides is 4. The van der Waals surface area contributed by atoms with E-state index in [1.807, 2.05) is 70.0 Å². The fourth-order valence-corrected chi connectivity index (χ4v) is 10.2. The molecule has 66 heavy (non-hydrogen) atoms. The number of aromatic amines is 2. The Morgan fingerprint density at radius 2 is 1.44 bits per heavy atom. The van der Waals surface area contributed by atoms with Gasteiger partial charge in [-0.05, 0) is 92.8 Å². The molecule has 7 heterocycles. The molecule has 6 aromatic rings. The van der Waals surface area contributed by atoms with Crippen LogP contribution < -0.4 is 15.4 Å². The smallest absolute Gasteiger partial charge is 0.407 e. The maximum absolute atomic E-state index is 14.0. The summed E-state index contributed by atoms with van der Waals surface area (Å²) in [5.41, 5.74) is 6.26. The van der Waals surface area contributed by atoms with Gasteiger partial charge in [-0.1, -0.05) is 39.8 Å². The van der Waals surface area contributed by atoms with Crippen molar-refractivity contribution in [3.63, 3.8) is 0 Å². The van der Waals surface area contributed by atoms with Gasteiger partial charge in [0.25, 0.3) is 0 Å². The minimum atomic E-state index is -0.725. The molecule has 0 bridgehead atoms. The molecule has 2 saturated heterocycles. The van der Waals surface area contributed by atoms with Crippen LogP contribution in [0.2, 0.25) is 0 Å². The standard InChI is InChI=1S/C49H55N9O8/c1-24(2)41(54-48(61)63-6)45(59)56-16-8-9-35(56)43-50-23-33(52-43)28-11-13-31-37-19-29-17-27(12-14-34(29)58(37)47(66-40(31)21-28)39-15-10-26(5)65-39)32-22-51-44(53-32)38-20-30-18-36(30)57(38)46(60)42(25(3)4)55-49(62)64-7/h10-15,17,19,21-25,30,35-36,38,41-42,47H,8-9,16,18,20H2,1-7H3,(H,50,52)(H,51,53)(H,54,61)(H,55,62)/t30-,35+,36-,38+,41+,42+,47?/m1/s1. The third-order valence-corrected chi connectivity index (χ3v) is 13.7. The molecular weight excluding hydrogens is 843 g/mol. The van der Waals surface area contributed by atoms with Crippen molar-refractivity contribution in [3.05, 3.63) is 90.2 Å². The number of alkyl carbamates (subject to hydrolysis) is 2. The lowest BCUT2D eigenvalue weighted by molar-refractivity contribution is -0.137. The number of methoxy groups -OCH3 is 2. The van der Waals surface area contributed by atoms with E-state index in [9.17, 15) is 19.2 Å². The molecule has 17 nitrogen and oxygen atoms in total. The summed E-state index contributed by atoms with van der Waals surface area (Å²) in [7, 11) is 2.59. The van der Waals surface area contributed by atoms with E-state index in [-0.39, 0.29) is 41.8 Å². The van der Waals surface area contributed by atoms with Crippen molar-refractivity contribution >= 4 is 34.9 Å². The quantitative estimate of drug-likeness (QED) is 0.0987. The number of benzene rings is 2. The first kappa shape index (κ1) is 42.9. The number of rotatable bonds is 11. The summed E-state index contributed by atoms with van der Waals surface area (Å²) >= 11 is 0. The largest absolute Gasteiger partial charge is 0.462 e. The second kappa shape index (κ2) is 16.7. The number of hydrogen-bond donors (Lipinski definition) is 4. The van der Waals surface area contributed by atoms with Gasteiger partial charge in [0.2, 0.25) is 18.0 Å². The van der Waals surface area contributed by atoms with Gasteiger partial charge in [-0.25, -0.2) is 19.6 Å². The van der Waals surface area contributed by atoms with Crippen molar-refractivity contribution in [2.75, 3.05) is 20.8 Å². The number of fused-ring (bicyclic) bond motifs is 6. The summed E-state index contributed by atoms with van der Waals surface area (Å²) in [5.74, 6) is 3.38. The molecule has 344 valence electrons. The molecule has 1 saturated carbocycles. The van der Waals surface area contributed by atoms with Gasteiger partial charge >= 0.3 is 12.2 Å². The van der Waals surface area contributed by atoms with Gasteiger partial charge in [-0.15, -0.1) is 0 Å². The van der Waals surface area contributed by atoms with Gasteiger partial charge in [0.05, 0.1) is 61.3 Å². The minimum absolute atomic E-state index is 0.120. The van der Waals surface area contributed by atoms with Gasteiger partial charge in [0.15, 0.2) is 5.76 Å². The van der Waals surface area contributed by atoms with Crippen LogP contribution in [0.5, 0.6) is 5.75 Å². The van der Waals surface area contributed by atoms with E-state index >= 15 is 0 Å². The molecule has 10 rings (SSSR count). The molecule has 17 heteroatoms. The highest BCUT2D eigenvalue weighted by molar-refractivity contribution is 5.93. The Labute approximate surface area is 381 Å². The predicted octanol–water partition coefficient (Wildman–Crippen LogP) is 8.02. The number of H-pyrrole nitrogens is 2.